The summed E-state index contributed by atoms with van der Waals surface area (Å²) < 4.78 is 10.1. The third-order valence-corrected chi connectivity index (χ3v) is 3.59. The lowest BCUT2D eigenvalue weighted by Crippen LogP contribution is -2.46. The Morgan fingerprint density at radius 2 is 2.59 bits per heavy atom. The molecule has 0 bridgehead atoms. The fraction of sp³-hybridized carbons (Fsp3) is 0.636. The topological polar surface area (TPSA) is 51.7 Å². The summed E-state index contributed by atoms with van der Waals surface area (Å²) in [7, 11) is 1.38. The van der Waals surface area contributed by atoms with E-state index >= 15 is 0 Å². The highest BCUT2D eigenvalue weighted by Gasteiger charge is 2.27. The SMILES string of the molecule is COC(=O)C1CN(Cc2nc(C)cs2)CCO1. The Kier molecular flexibility index (Phi) is 4.09. The number of methoxy groups -OCH3 is 1. The molecule has 0 spiro atoms. The third-order valence-electron chi connectivity index (χ3n) is 2.64. The molecule has 1 aliphatic heterocycles. The number of hydrogen-bond donors (Lipinski definition) is 0. The Balaban J connectivity index is 1.91. The summed E-state index contributed by atoms with van der Waals surface area (Å²) >= 11 is 1.65. The van der Waals surface area contributed by atoms with Gasteiger partial charge in [-0.05, 0) is 6.92 Å². The van der Waals surface area contributed by atoms with Crippen LogP contribution in [0.2, 0.25) is 0 Å². The molecule has 5 nitrogen and oxygen atoms in total. The Morgan fingerprint density at radius 3 is 3.24 bits per heavy atom. The molecule has 1 saturated heterocycles. The molecule has 0 radical (unpaired) electrons. The number of ether oxygens (including phenoxy) is 2. The molecule has 1 aliphatic rings. The molecule has 0 amide bonds. The van der Waals surface area contributed by atoms with Gasteiger partial charge in [0.1, 0.15) is 5.01 Å². The summed E-state index contributed by atoms with van der Waals surface area (Å²) in [6.45, 7) is 4.72. The molecule has 1 unspecified atom stereocenters. The number of rotatable bonds is 3. The molecule has 94 valence electrons. The second kappa shape index (κ2) is 5.57. The Bertz CT molecular complexity index is 394. The number of morpholine rings is 1. The van der Waals surface area contributed by atoms with E-state index in [1.54, 1.807) is 11.3 Å². The molecule has 2 rings (SSSR count). The van der Waals surface area contributed by atoms with E-state index in [1.165, 1.54) is 7.11 Å². The van der Waals surface area contributed by atoms with Crippen LogP contribution in [0.3, 0.4) is 0 Å². The standard InChI is InChI=1S/C11H16N2O3S/c1-8-7-17-10(12-8)6-13-3-4-16-9(5-13)11(14)15-2/h7,9H,3-6H2,1-2H3. The predicted octanol–water partition coefficient (Wildman–Crippen LogP) is 0.825. The molecule has 17 heavy (non-hydrogen) atoms. The molecule has 1 aromatic heterocycles. The molecule has 1 fully saturated rings. The maximum atomic E-state index is 11.4. The minimum Gasteiger partial charge on any atom is -0.467 e. The maximum absolute atomic E-state index is 11.4. The van der Waals surface area contributed by atoms with Gasteiger partial charge in [0, 0.05) is 24.2 Å². The number of carbonyl (C=O) groups excluding carboxylic acids is 1. The molecule has 6 heteroatoms. The second-order valence-electron chi connectivity index (χ2n) is 4.00. The number of aromatic nitrogens is 1. The van der Waals surface area contributed by atoms with Crippen molar-refractivity contribution in [2.45, 2.75) is 19.6 Å². The molecule has 1 aromatic rings. The number of aryl methyl sites for hydroxylation is 1. The third kappa shape index (κ3) is 3.24. The number of nitrogens with zero attached hydrogens (tertiary/aromatic N) is 2. The first-order chi connectivity index (χ1) is 8.19. The van der Waals surface area contributed by atoms with Crippen LogP contribution in [0, 0.1) is 6.92 Å². The summed E-state index contributed by atoms with van der Waals surface area (Å²) in [5.41, 5.74) is 1.04. The van der Waals surface area contributed by atoms with E-state index in [1.807, 2.05) is 12.3 Å². The van der Waals surface area contributed by atoms with Crippen molar-refractivity contribution in [3.63, 3.8) is 0 Å². The minimum absolute atomic E-state index is 0.301. The van der Waals surface area contributed by atoms with Crippen molar-refractivity contribution < 1.29 is 14.3 Å². The Morgan fingerprint density at radius 1 is 1.76 bits per heavy atom. The number of esters is 1. The zero-order valence-electron chi connectivity index (χ0n) is 10.0. The van der Waals surface area contributed by atoms with E-state index in [0.29, 0.717) is 13.2 Å². The summed E-state index contributed by atoms with van der Waals surface area (Å²) in [5.74, 6) is -0.301. The molecule has 2 heterocycles. The zero-order chi connectivity index (χ0) is 12.3. The smallest absolute Gasteiger partial charge is 0.336 e. The fourth-order valence-corrected chi connectivity index (χ4v) is 2.60. The Hall–Kier alpha value is -0.980. The molecule has 1 atom stereocenters. The average Bonchev–Trinajstić information content (AvgIpc) is 2.74. The van der Waals surface area contributed by atoms with E-state index in [9.17, 15) is 4.79 Å². The lowest BCUT2D eigenvalue weighted by molar-refractivity contribution is -0.160. The van der Waals surface area contributed by atoms with Crippen LogP contribution in [0.25, 0.3) is 0 Å². The van der Waals surface area contributed by atoms with Gasteiger partial charge in [-0.25, -0.2) is 9.78 Å². The summed E-state index contributed by atoms with van der Waals surface area (Å²) in [5, 5.41) is 3.11. The van der Waals surface area contributed by atoms with E-state index in [-0.39, 0.29) is 5.97 Å². The molecule has 0 aromatic carbocycles. The first-order valence-electron chi connectivity index (χ1n) is 5.52. The van der Waals surface area contributed by atoms with Crippen molar-refractivity contribution in [1.29, 1.82) is 0 Å². The van der Waals surface area contributed by atoms with Crippen LogP contribution in [0.1, 0.15) is 10.7 Å². The van der Waals surface area contributed by atoms with Gasteiger partial charge in [0.2, 0.25) is 0 Å². The van der Waals surface area contributed by atoms with Gasteiger partial charge in [-0.1, -0.05) is 0 Å². The predicted molar refractivity (Wildman–Crippen MR) is 63.9 cm³/mol. The zero-order valence-corrected chi connectivity index (χ0v) is 10.8. The van der Waals surface area contributed by atoms with Crippen LogP contribution in [0.15, 0.2) is 5.38 Å². The van der Waals surface area contributed by atoms with Crippen LogP contribution in [-0.4, -0.2) is 48.8 Å². The minimum atomic E-state index is -0.463. The molecule has 0 N–H and O–H groups in total. The summed E-state index contributed by atoms with van der Waals surface area (Å²) in [6, 6.07) is 0. The van der Waals surface area contributed by atoms with E-state index in [0.717, 1.165) is 23.8 Å². The lowest BCUT2D eigenvalue weighted by Gasteiger charge is -2.30. The van der Waals surface area contributed by atoms with Gasteiger partial charge < -0.3 is 9.47 Å². The van der Waals surface area contributed by atoms with E-state index < -0.39 is 6.10 Å². The molecular weight excluding hydrogens is 240 g/mol. The van der Waals surface area contributed by atoms with Crippen molar-refractivity contribution in [3.8, 4) is 0 Å². The first kappa shape index (κ1) is 12.5. The molecular formula is C11H16N2O3S. The van der Waals surface area contributed by atoms with Gasteiger partial charge in [-0.2, -0.15) is 0 Å². The van der Waals surface area contributed by atoms with Gasteiger partial charge in [0.25, 0.3) is 0 Å². The average molecular weight is 256 g/mol. The highest BCUT2D eigenvalue weighted by molar-refractivity contribution is 7.09. The first-order valence-corrected chi connectivity index (χ1v) is 6.40. The van der Waals surface area contributed by atoms with Crippen molar-refractivity contribution in [3.05, 3.63) is 16.1 Å². The molecule has 0 saturated carbocycles. The highest BCUT2D eigenvalue weighted by atomic mass is 32.1. The van der Waals surface area contributed by atoms with Crippen LogP contribution in [0.5, 0.6) is 0 Å². The quantitative estimate of drug-likeness (QED) is 0.750. The number of carbonyl (C=O) groups is 1. The van der Waals surface area contributed by atoms with Gasteiger partial charge in [-0.3, -0.25) is 4.90 Å². The van der Waals surface area contributed by atoms with E-state index in [2.05, 4.69) is 14.6 Å². The van der Waals surface area contributed by atoms with E-state index in [4.69, 9.17) is 4.74 Å². The van der Waals surface area contributed by atoms with Gasteiger partial charge in [0.15, 0.2) is 6.10 Å². The largest absolute Gasteiger partial charge is 0.467 e. The van der Waals surface area contributed by atoms with Crippen molar-refractivity contribution in [1.82, 2.24) is 9.88 Å². The summed E-state index contributed by atoms with van der Waals surface area (Å²) in [6.07, 6.45) is -0.463. The van der Waals surface area contributed by atoms with Gasteiger partial charge in [0.05, 0.1) is 20.3 Å². The van der Waals surface area contributed by atoms with Crippen LogP contribution >= 0.6 is 11.3 Å². The number of thiazole rings is 1. The van der Waals surface area contributed by atoms with Crippen molar-refractivity contribution in [2.75, 3.05) is 26.8 Å². The maximum Gasteiger partial charge on any atom is 0.336 e. The normalized spacial score (nSPS) is 21.4. The Labute approximate surface area is 104 Å². The van der Waals surface area contributed by atoms with Crippen LogP contribution in [-0.2, 0) is 20.8 Å². The van der Waals surface area contributed by atoms with Gasteiger partial charge in [-0.15, -0.1) is 11.3 Å². The van der Waals surface area contributed by atoms with Gasteiger partial charge >= 0.3 is 5.97 Å². The van der Waals surface area contributed by atoms with Crippen LogP contribution in [0.4, 0.5) is 0 Å². The second-order valence-corrected chi connectivity index (χ2v) is 4.94. The summed E-state index contributed by atoms with van der Waals surface area (Å²) in [4.78, 5) is 18.0. The fourth-order valence-electron chi connectivity index (χ4n) is 1.79. The monoisotopic (exact) mass is 256 g/mol. The lowest BCUT2D eigenvalue weighted by atomic mass is 10.3. The van der Waals surface area contributed by atoms with Crippen LogP contribution < -0.4 is 0 Å². The van der Waals surface area contributed by atoms with Crippen molar-refractivity contribution in [2.24, 2.45) is 0 Å². The van der Waals surface area contributed by atoms with Crippen molar-refractivity contribution >= 4 is 17.3 Å². The molecule has 0 aliphatic carbocycles. The number of hydrogen-bond acceptors (Lipinski definition) is 6. The highest BCUT2D eigenvalue weighted by Crippen LogP contribution is 2.14.